The van der Waals surface area contributed by atoms with E-state index < -0.39 is 0 Å². The lowest BCUT2D eigenvalue weighted by molar-refractivity contribution is 0.216. The van der Waals surface area contributed by atoms with Gasteiger partial charge in [-0.05, 0) is 50.8 Å². The summed E-state index contributed by atoms with van der Waals surface area (Å²) in [5, 5.41) is 3.80. The van der Waals surface area contributed by atoms with Crippen molar-refractivity contribution in [3.8, 4) is 5.75 Å². The third kappa shape index (κ3) is 3.25. The topological polar surface area (TPSA) is 24.5 Å². The summed E-state index contributed by atoms with van der Waals surface area (Å²) in [4.78, 5) is 2.50. The summed E-state index contributed by atoms with van der Waals surface area (Å²) in [6, 6.07) is 4.22. The summed E-state index contributed by atoms with van der Waals surface area (Å²) in [6.45, 7) is 3.20. The quantitative estimate of drug-likeness (QED) is 0.774. The van der Waals surface area contributed by atoms with E-state index in [1.54, 1.807) is 7.11 Å². The van der Waals surface area contributed by atoms with E-state index in [0.29, 0.717) is 5.54 Å². The Morgan fingerprint density at radius 3 is 2.62 bits per heavy atom. The molecule has 0 unspecified atom stereocenters. The molecule has 2 aliphatic rings. The van der Waals surface area contributed by atoms with Crippen molar-refractivity contribution < 1.29 is 4.74 Å². The average Bonchev–Trinajstić information content (AvgIpc) is 2.48. The Morgan fingerprint density at radius 2 is 1.90 bits per heavy atom. The summed E-state index contributed by atoms with van der Waals surface area (Å²) in [6.07, 6.45) is 6.69. The van der Waals surface area contributed by atoms with Crippen molar-refractivity contribution >= 4 is 37.5 Å². The Bertz CT molecular complexity index is 510. The van der Waals surface area contributed by atoms with Gasteiger partial charge in [-0.3, -0.25) is 0 Å². The van der Waals surface area contributed by atoms with Crippen molar-refractivity contribution in [1.29, 1.82) is 0 Å². The highest BCUT2D eigenvalue weighted by molar-refractivity contribution is 9.11. The molecule has 1 aliphatic heterocycles. The van der Waals surface area contributed by atoms with Gasteiger partial charge in [0, 0.05) is 35.7 Å². The van der Waals surface area contributed by atoms with Gasteiger partial charge in [-0.25, -0.2) is 0 Å². The number of rotatable bonds is 2. The Balaban J connectivity index is 1.86. The zero-order chi connectivity index (χ0) is 14.9. The number of hydrogen-bond acceptors (Lipinski definition) is 3. The molecular formula is C16H22Br2N2O. The monoisotopic (exact) mass is 416 g/mol. The number of methoxy groups -OCH3 is 1. The van der Waals surface area contributed by atoms with Crippen LogP contribution in [-0.2, 0) is 0 Å². The molecule has 0 aromatic heterocycles. The van der Waals surface area contributed by atoms with Gasteiger partial charge in [0.05, 0.1) is 17.3 Å². The predicted molar refractivity (Wildman–Crippen MR) is 94.4 cm³/mol. The van der Waals surface area contributed by atoms with E-state index in [1.807, 2.05) is 0 Å². The molecule has 1 aromatic rings. The molecule has 1 spiro atoms. The molecule has 0 atom stereocenters. The Labute approximate surface area is 143 Å². The molecule has 0 radical (unpaired) electrons. The van der Waals surface area contributed by atoms with Crippen LogP contribution >= 0.6 is 31.9 Å². The lowest BCUT2D eigenvalue weighted by Gasteiger charge is -2.47. The van der Waals surface area contributed by atoms with Crippen LogP contribution < -0.4 is 15.0 Å². The van der Waals surface area contributed by atoms with Crippen molar-refractivity contribution in [3.63, 3.8) is 0 Å². The van der Waals surface area contributed by atoms with Gasteiger partial charge in [-0.15, -0.1) is 0 Å². The maximum Gasteiger partial charge on any atom is 0.135 e. The third-order valence-electron chi connectivity index (χ3n) is 4.75. The number of hydrogen-bond donors (Lipinski definition) is 1. The van der Waals surface area contributed by atoms with E-state index in [0.717, 1.165) is 34.3 Å². The Hall–Kier alpha value is -0.260. The van der Waals surface area contributed by atoms with Crippen LogP contribution in [0.2, 0.25) is 0 Å². The molecule has 0 amide bonds. The van der Waals surface area contributed by atoms with Crippen molar-refractivity contribution in [2.45, 2.75) is 37.6 Å². The summed E-state index contributed by atoms with van der Waals surface area (Å²) in [7, 11) is 1.72. The number of anilines is 1. The van der Waals surface area contributed by atoms with Crippen LogP contribution in [0, 0.1) is 0 Å². The minimum atomic E-state index is 0.316. The van der Waals surface area contributed by atoms with E-state index in [9.17, 15) is 0 Å². The van der Waals surface area contributed by atoms with Crippen LogP contribution in [0.15, 0.2) is 21.1 Å². The van der Waals surface area contributed by atoms with Crippen LogP contribution in [-0.4, -0.2) is 32.3 Å². The summed E-state index contributed by atoms with van der Waals surface area (Å²) in [5.74, 6) is 0.893. The van der Waals surface area contributed by atoms with Crippen LogP contribution in [0.5, 0.6) is 5.75 Å². The second-order valence-corrected chi connectivity index (χ2v) is 7.84. The van der Waals surface area contributed by atoms with Crippen molar-refractivity contribution in [2.24, 2.45) is 0 Å². The predicted octanol–water partition coefficient (Wildman–Crippen LogP) is 4.33. The number of benzene rings is 1. The molecule has 1 aromatic carbocycles. The zero-order valence-corrected chi connectivity index (χ0v) is 15.6. The molecule has 3 nitrogen and oxygen atoms in total. The molecule has 1 saturated carbocycles. The van der Waals surface area contributed by atoms with Crippen molar-refractivity contribution in [1.82, 2.24) is 5.32 Å². The first kappa shape index (κ1) is 15.6. The van der Waals surface area contributed by atoms with Crippen LogP contribution in [0.4, 0.5) is 5.69 Å². The summed E-state index contributed by atoms with van der Waals surface area (Å²) < 4.78 is 7.58. The Morgan fingerprint density at radius 1 is 1.14 bits per heavy atom. The first-order valence-corrected chi connectivity index (χ1v) is 9.25. The van der Waals surface area contributed by atoms with Crippen LogP contribution in [0.25, 0.3) is 0 Å². The van der Waals surface area contributed by atoms with Crippen LogP contribution in [0.3, 0.4) is 0 Å². The fourth-order valence-corrected chi connectivity index (χ4v) is 5.05. The highest BCUT2D eigenvalue weighted by Gasteiger charge is 2.36. The van der Waals surface area contributed by atoms with E-state index >= 15 is 0 Å². The lowest BCUT2D eigenvalue weighted by Crippen LogP contribution is -2.61. The van der Waals surface area contributed by atoms with Crippen molar-refractivity contribution in [2.75, 3.05) is 31.6 Å². The number of halogens is 2. The van der Waals surface area contributed by atoms with E-state index in [4.69, 9.17) is 4.74 Å². The van der Waals surface area contributed by atoms with E-state index in [2.05, 4.69) is 54.2 Å². The molecule has 116 valence electrons. The fourth-order valence-electron chi connectivity index (χ4n) is 3.64. The summed E-state index contributed by atoms with van der Waals surface area (Å²) >= 11 is 7.26. The van der Waals surface area contributed by atoms with Crippen molar-refractivity contribution in [3.05, 3.63) is 21.1 Å². The minimum absolute atomic E-state index is 0.316. The highest BCUT2D eigenvalue weighted by atomic mass is 79.9. The first-order chi connectivity index (χ1) is 10.1. The van der Waals surface area contributed by atoms with Gasteiger partial charge in [0.15, 0.2) is 0 Å². The fraction of sp³-hybridized carbons (Fsp3) is 0.625. The second kappa shape index (κ2) is 6.47. The second-order valence-electron chi connectivity index (χ2n) is 6.13. The highest BCUT2D eigenvalue weighted by Crippen LogP contribution is 2.39. The number of nitrogens with one attached hydrogen (secondary N) is 1. The van der Waals surface area contributed by atoms with Gasteiger partial charge in [0.25, 0.3) is 0 Å². The average molecular weight is 418 g/mol. The maximum absolute atomic E-state index is 5.46. The van der Waals surface area contributed by atoms with Crippen LogP contribution in [0.1, 0.15) is 32.1 Å². The molecule has 2 fully saturated rings. The van der Waals surface area contributed by atoms with Gasteiger partial charge in [-0.2, -0.15) is 0 Å². The standard InChI is InChI=1S/C16H22Br2N2O/c1-21-15-10-14(12(17)9-13(15)18)20-8-7-19-16(11-20)5-3-2-4-6-16/h9-10,19H,2-8,11H2,1H3. The molecule has 1 saturated heterocycles. The molecule has 0 bridgehead atoms. The molecule has 1 aliphatic carbocycles. The molecule has 1 heterocycles. The largest absolute Gasteiger partial charge is 0.495 e. The van der Waals surface area contributed by atoms with E-state index in [-0.39, 0.29) is 0 Å². The number of ether oxygens (including phenoxy) is 1. The van der Waals surface area contributed by atoms with Gasteiger partial charge in [-0.1, -0.05) is 19.3 Å². The normalized spacial score (nSPS) is 21.6. The zero-order valence-electron chi connectivity index (χ0n) is 12.4. The smallest absolute Gasteiger partial charge is 0.135 e. The minimum Gasteiger partial charge on any atom is -0.495 e. The van der Waals surface area contributed by atoms with E-state index in [1.165, 1.54) is 37.8 Å². The van der Waals surface area contributed by atoms with Gasteiger partial charge in [0.2, 0.25) is 0 Å². The first-order valence-electron chi connectivity index (χ1n) is 7.67. The molecule has 21 heavy (non-hydrogen) atoms. The molecular weight excluding hydrogens is 396 g/mol. The third-order valence-corrected chi connectivity index (χ3v) is 6.00. The SMILES string of the molecule is COc1cc(N2CCNC3(CCCCC3)C2)c(Br)cc1Br. The molecule has 1 N–H and O–H groups in total. The van der Waals surface area contributed by atoms with Gasteiger partial charge in [0.1, 0.15) is 5.75 Å². The number of nitrogens with zero attached hydrogens (tertiary/aromatic N) is 1. The lowest BCUT2D eigenvalue weighted by atomic mass is 9.80. The number of piperazine rings is 1. The van der Waals surface area contributed by atoms with Gasteiger partial charge < -0.3 is 15.0 Å². The summed E-state index contributed by atoms with van der Waals surface area (Å²) in [5.41, 5.74) is 1.55. The molecule has 5 heteroatoms. The van der Waals surface area contributed by atoms with Gasteiger partial charge >= 0.3 is 0 Å². The maximum atomic E-state index is 5.46. The Kier molecular flexibility index (Phi) is 4.81. The molecule has 3 rings (SSSR count).